The van der Waals surface area contributed by atoms with Crippen molar-refractivity contribution in [3.05, 3.63) is 90.5 Å². The van der Waals surface area contributed by atoms with Crippen molar-refractivity contribution in [2.45, 2.75) is 12.5 Å². The van der Waals surface area contributed by atoms with Crippen molar-refractivity contribution in [2.75, 3.05) is 12.4 Å². The smallest absolute Gasteiger partial charge is 0.326 e. The van der Waals surface area contributed by atoms with Crippen LogP contribution in [0, 0.1) is 0 Å². The van der Waals surface area contributed by atoms with Crippen LogP contribution in [0.1, 0.15) is 5.56 Å². The lowest BCUT2D eigenvalue weighted by molar-refractivity contribution is -0.141. The van der Waals surface area contributed by atoms with Gasteiger partial charge in [-0.3, -0.25) is 0 Å². The molecule has 1 atom stereocenters. The number of nitrogens with one attached hydrogen (secondary N) is 1. The number of benzene rings is 3. The van der Waals surface area contributed by atoms with Crippen LogP contribution >= 0.6 is 0 Å². The van der Waals surface area contributed by atoms with E-state index in [1.165, 1.54) is 11.9 Å². The van der Waals surface area contributed by atoms with Crippen LogP contribution in [-0.2, 0) is 11.2 Å². The molecular weight excluding hydrogens is 352 g/mol. The molecule has 1 unspecified atom stereocenters. The normalized spacial score (nSPS) is 11.5. The van der Waals surface area contributed by atoms with Gasteiger partial charge in [0.1, 0.15) is 6.04 Å². The van der Waals surface area contributed by atoms with Crippen molar-refractivity contribution >= 4 is 17.7 Å². The van der Waals surface area contributed by atoms with E-state index in [4.69, 9.17) is 0 Å². The second-order valence-corrected chi connectivity index (χ2v) is 6.53. The minimum absolute atomic E-state index is 0.243. The number of hydrogen-bond donors (Lipinski definition) is 2. The Hall–Kier alpha value is -3.60. The van der Waals surface area contributed by atoms with Crippen LogP contribution in [0.15, 0.2) is 84.9 Å². The van der Waals surface area contributed by atoms with E-state index >= 15 is 0 Å². The van der Waals surface area contributed by atoms with E-state index < -0.39 is 18.0 Å². The molecule has 0 aromatic heterocycles. The van der Waals surface area contributed by atoms with Crippen LogP contribution in [0.2, 0.25) is 0 Å². The quantitative estimate of drug-likeness (QED) is 0.667. The molecule has 3 rings (SSSR count). The zero-order valence-corrected chi connectivity index (χ0v) is 15.6. The number of urea groups is 1. The van der Waals surface area contributed by atoms with Crippen LogP contribution < -0.4 is 5.32 Å². The van der Waals surface area contributed by atoms with Crippen LogP contribution in [0.3, 0.4) is 0 Å². The van der Waals surface area contributed by atoms with Crippen LogP contribution in [0.4, 0.5) is 10.5 Å². The first-order valence-electron chi connectivity index (χ1n) is 9.00. The van der Waals surface area contributed by atoms with Gasteiger partial charge in [-0.15, -0.1) is 0 Å². The molecular formula is C23H22N2O3. The lowest BCUT2D eigenvalue weighted by Crippen LogP contribution is -2.45. The van der Waals surface area contributed by atoms with E-state index in [2.05, 4.69) is 5.32 Å². The van der Waals surface area contributed by atoms with E-state index in [9.17, 15) is 14.7 Å². The molecule has 2 N–H and O–H groups in total. The van der Waals surface area contributed by atoms with Crippen molar-refractivity contribution < 1.29 is 14.7 Å². The number of rotatable bonds is 6. The SMILES string of the molecule is CN(C(=O)Nc1ccc(-c2ccccc2)cc1)C(Cc1ccccc1)C(=O)O. The lowest BCUT2D eigenvalue weighted by atomic mass is 10.1. The Morgan fingerprint density at radius 1 is 0.857 bits per heavy atom. The Bertz CT molecular complexity index is 925. The topological polar surface area (TPSA) is 69.6 Å². The fourth-order valence-corrected chi connectivity index (χ4v) is 2.96. The van der Waals surface area contributed by atoms with Gasteiger partial charge in [-0.2, -0.15) is 0 Å². The van der Waals surface area contributed by atoms with Crippen LogP contribution in [0.25, 0.3) is 11.1 Å². The molecule has 3 aromatic carbocycles. The molecule has 0 saturated carbocycles. The molecule has 5 heteroatoms. The molecule has 0 fully saturated rings. The highest BCUT2D eigenvalue weighted by atomic mass is 16.4. The molecule has 3 aromatic rings. The van der Waals surface area contributed by atoms with Crippen molar-refractivity contribution in [3.8, 4) is 11.1 Å². The largest absolute Gasteiger partial charge is 0.480 e. The number of amides is 2. The minimum Gasteiger partial charge on any atom is -0.480 e. The van der Waals surface area contributed by atoms with Gasteiger partial charge in [0.15, 0.2) is 0 Å². The van der Waals surface area contributed by atoms with Crippen LogP contribution in [-0.4, -0.2) is 35.1 Å². The number of hydrogen-bond acceptors (Lipinski definition) is 2. The molecule has 0 aliphatic rings. The summed E-state index contributed by atoms with van der Waals surface area (Å²) in [5.41, 5.74) is 3.60. The van der Waals surface area contributed by atoms with Gasteiger partial charge in [0.2, 0.25) is 0 Å². The predicted molar refractivity (Wildman–Crippen MR) is 110 cm³/mol. The van der Waals surface area contributed by atoms with Gasteiger partial charge in [-0.25, -0.2) is 9.59 Å². The highest BCUT2D eigenvalue weighted by Crippen LogP contribution is 2.21. The van der Waals surface area contributed by atoms with Crippen LogP contribution in [0.5, 0.6) is 0 Å². The first-order chi connectivity index (χ1) is 13.5. The van der Waals surface area contributed by atoms with Gasteiger partial charge in [-0.1, -0.05) is 72.8 Å². The van der Waals surface area contributed by atoms with E-state index in [1.54, 1.807) is 12.1 Å². The molecule has 0 radical (unpaired) electrons. The highest BCUT2D eigenvalue weighted by molar-refractivity contribution is 5.92. The Morgan fingerprint density at radius 3 is 1.96 bits per heavy atom. The number of carboxylic acid groups (broad SMARTS) is 1. The molecule has 0 aliphatic heterocycles. The average Bonchev–Trinajstić information content (AvgIpc) is 2.73. The summed E-state index contributed by atoms with van der Waals surface area (Å²) in [5.74, 6) is -1.04. The lowest BCUT2D eigenvalue weighted by Gasteiger charge is -2.25. The highest BCUT2D eigenvalue weighted by Gasteiger charge is 2.26. The zero-order valence-electron chi connectivity index (χ0n) is 15.6. The first-order valence-corrected chi connectivity index (χ1v) is 9.00. The number of carbonyl (C=O) groups is 2. The summed E-state index contributed by atoms with van der Waals surface area (Å²) in [6.45, 7) is 0. The zero-order chi connectivity index (χ0) is 19.9. The Labute approximate surface area is 164 Å². The van der Waals surface area contributed by atoms with E-state index in [-0.39, 0.29) is 6.42 Å². The number of carbonyl (C=O) groups excluding carboxylic acids is 1. The van der Waals surface area contributed by atoms with Gasteiger partial charge in [0.05, 0.1) is 0 Å². The first kappa shape index (κ1) is 19.2. The third-order valence-corrected chi connectivity index (χ3v) is 4.59. The van der Waals surface area contributed by atoms with Gasteiger partial charge in [-0.05, 0) is 28.8 Å². The number of anilines is 1. The maximum atomic E-state index is 12.6. The van der Waals surface area contributed by atoms with E-state index in [0.29, 0.717) is 5.69 Å². The molecule has 0 aliphatic carbocycles. The molecule has 5 nitrogen and oxygen atoms in total. The van der Waals surface area contributed by atoms with Crippen molar-refractivity contribution in [3.63, 3.8) is 0 Å². The summed E-state index contributed by atoms with van der Waals surface area (Å²) in [6.07, 6.45) is 0.243. The van der Waals surface area contributed by atoms with E-state index in [1.807, 2.05) is 72.8 Å². The Balaban J connectivity index is 1.67. The van der Waals surface area contributed by atoms with Gasteiger partial charge >= 0.3 is 12.0 Å². The summed E-state index contributed by atoms with van der Waals surface area (Å²) in [7, 11) is 1.50. The van der Waals surface area contributed by atoms with Gasteiger partial charge in [0.25, 0.3) is 0 Å². The van der Waals surface area contributed by atoms with Crippen molar-refractivity contribution in [1.29, 1.82) is 0 Å². The molecule has 0 spiro atoms. The maximum absolute atomic E-state index is 12.6. The molecule has 0 saturated heterocycles. The number of nitrogens with zero attached hydrogens (tertiary/aromatic N) is 1. The number of likely N-dealkylation sites (N-methyl/N-ethyl adjacent to an activating group) is 1. The Kier molecular flexibility index (Phi) is 6.07. The second-order valence-electron chi connectivity index (χ2n) is 6.53. The summed E-state index contributed by atoms with van der Waals surface area (Å²) >= 11 is 0. The fourth-order valence-electron chi connectivity index (χ4n) is 2.96. The number of aliphatic carboxylic acids is 1. The van der Waals surface area contributed by atoms with Crippen molar-refractivity contribution in [1.82, 2.24) is 4.90 Å². The summed E-state index contributed by atoms with van der Waals surface area (Å²) in [6, 6.07) is 25.2. The Morgan fingerprint density at radius 2 is 1.39 bits per heavy atom. The monoisotopic (exact) mass is 374 g/mol. The summed E-state index contributed by atoms with van der Waals surface area (Å²) < 4.78 is 0. The summed E-state index contributed by atoms with van der Waals surface area (Å²) in [5, 5.41) is 12.3. The van der Waals surface area contributed by atoms with E-state index in [0.717, 1.165) is 16.7 Å². The third kappa shape index (κ3) is 4.76. The molecule has 0 bridgehead atoms. The van der Waals surface area contributed by atoms with Gasteiger partial charge in [0, 0.05) is 19.2 Å². The van der Waals surface area contributed by atoms with Gasteiger partial charge < -0.3 is 15.3 Å². The van der Waals surface area contributed by atoms with Crippen molar-refractivity contribution in [2.24, 2.45) is 0 Å². The molecule has 2 amide bonds. The number of carboxylic acids is 1. The molecule has 142 valence electrons. The summed E-state index contributed by atoms with van der Waals surface area (Å²) in [4.78, 5) is 25.5. The molecule has 0 heterocycles. The minimum atomic E-state index is -1.04. The standard InChI is InChI=1S/C23H22N2O3/c1-25(21(22(26)27)16-17-8-4-2-5-9-17)23(28)24-20-14-12-19(13-15-20)18-10-6-3-7-11-18/h2-15,21H,16H2,1H3,(H,24,28)(H,26,27). The third-order valence-electron chi connectivity index (χ3n) is 4.59. The second kappa shape index (κ2) is 8.86. The average molecular weight is 374 g/mol. The maximum Gasteiger partial charge on any atom is 0.326 e. The predicted octanol–water partition coefficient (Wildman–Crippen LogP) is 4.51. The fraction of sp³-hybridized carbons (Fsp3) is 0.130. The molecule has 28 heavy (non-hydrogen) atoms.